The van der Waals surface area contributed by atoms with Crippen LogP contribution in [0, 0.1) is 0 Å². The van der Waals surface area contributed by atoms with Crippen molar-refractivity contribution in [2.75, 3.05) is 12.4 Å². The van der Waals surface area contributed by atoms with E-state index in [9.17, 15) is 4.79 Å². The fourth-order valence-corrected chi connectivity index (χ4v) is 2.37. The summed E-state index contributed by atoms with van der Waals surface area (Å²) in [6.45, 7) is 0. The lowest BCUT2D eigenvalue weighted by Gasteiger charge is -2.10. The summed E-state index contributed by atoms with van der Waals surface area (Å²) in [6.07, 6.45) is 6.14. The number of benzene rings is 2. The van der Waals surface area contributed by atoms with Crippen molar-refractivity contribution < 1.29 is 9.53 Å². The molecule has 25 heavy (non-hydrogen) atoms. The van der Waals surface area contributed by atoms with Gasteiger partial charge in [-0.05, 0) is 42.0 Å². The van der Waals surface area contributed by atoms with Crippen molar-refractivity contribution in [1.29, 1.82) is 0 Å². The van der Waals surface area contributed by atoms with Crippen LogP contribution in [-0.2, 0) is 4.79 Å². The first-order chi connectivity index (χ1) is 12.2. The Hall–Kier alpha value is -3.12. The number of nitrogens with one attached hydrogen (secondary N) is 1. The molecule has 0 bridgehead atoms. The normalized spacial score (nSPS) is 10.8. The van der Waals surface area contributed by atoms with Crippen LogP contribution >= 0.6 is 11.6 Å². The molecule has 0 saturated carbocycles. The number of methoxy groups -OCH3 is 1. The Kier molecular flexibility index (Phi) is 5.11. The molecule has 0 aliphatic heterocycles. The quantitative estimate of drug-likeness (QED) is 0.711. The van der Waals surface area contributed by atoms with E-state index >= 15 is 0 Å². The lowest BCUT2D eigenvalue weighted by Crippen LogP contribution is -2.11. The standard InChI is InChI=1S/C18H15ClN4O2/c1-25-15-6-2-13(3-7-15)4-9-18(24)22-16-10-14(19)5-8-17(16)23-12-20-11-21-23/h2-12H,1H3,(H,22,24)/b9-4+. The minimum atomic E-state index is -0.278. The molecule has 0 radical (unpaired) electrons. The van der Waals surface area contributed by atoms with E-state index in [0.29, 0.717) is 16.4 Å². The predicted molar refractivity (Wildman–Crippen MR) is 97.0 cm³/mol. The molecule has 0 atom stereocenters. The van der Waals surface area contributed by atoms with Gasteiger partial charge in [-0.2, -0.15) is 5.10 Å². The van der Waals surface area contributed by atoms with Crippen LogP contribution in [0.3, 0.4) is 0 Å². The molecule has 0 spiro atoms. The fraction of sp³-hybridized carbons (Fsp3) is 0.0556. The third-order valence-electron chi connectivity index (χ3n) is 3.42. The Bertz CT molecular complexity index is 890. The average Bonchev–Trinajstić information content (AvgIpc) is 3.15. The summed E-state index contributed by atoms with van der Waals surface area (Å²) in [7, 11) is 1.61. The molecule has 1 N–H and O–H groups in total. The molecule has 1 amide bonds. The maximum Gasteiger partial charge on any atom is 0.248 e. The maximum atomic E-state index is 12.2. The van der Waals surface area contributed by atoms with Crippen LogP contribution in [0.4, 0.5) is 5.69 Å². The van der Waals surface area contributed by atoms with Crippen molar-refractivity contribution in [2.45, 2.75) is 0 Å². The molecular formula is C18H15ClN4O2. The summed E-state index contributed by atoms with van der Waals surface area (Å²) in [6, 6.07) is 12.5. The van der Waals surface area contributed by atoms with Crippen molar-refractivity contribution in [3.63, 3.8) is 0 Å². The number of carbonyl (C=O) groups is 1. The molecule has 0 fully saturated rings. The SMILES string of the molecule is COc1ccc(/C=C/C(=O)Nc2cc(Cl)ccc2-n2cncn2)cc1. The first-order valence-corrected chi connectivity index (χ1v) is 7.81. The lowest BCUT2D eigenvalue weighted by atomic mass is 10.2. The van der Waals surface area contributed by atoms with E-state index in [1.165, 1.54) is 12.4 Å². The number of aromatic nitrogens is 3. The fourth-order valence-electron chi connectivity index (χ4n) is 2.20. The number of rotatable bonds is 5. The zero-order valence-corrected chi connectivity index (χ0v) is 14.1. The molecule has 3 aromatic rings. The zero-order chi connectivity index (χ0) is 17.6. The molecule has 2 aromatic carbocycles. The summed E-state index contributed by atoms with van der Waals surface area (Å²) in [5.41, 5.74) is 2.11. The van der Waals surface area contributed by atoms with Gasteiger partial charge in [0.2, 0.25) is 5.91 Å². The van der Waals surface area contributed by atoms with E-state index in [1.807, 2.05) is 24.3 Å². The Morgan fingerprint density at radius 1 is 1.24 bits per heavy atom. The Labute approximate surface area is 149 Å². The van der Waals surface area contributed by atoms with Crippen molar-refractivity contribution in [3.8, 4) is 11.4 Å². The van der Waals surface area contributed by atoms with E-state index in [1.54, 1.807) is 42.4 Å². The van der Waals surface area contributed by atoms with Crippen LogP contribution in [0.1, 0.15) is 5.56 Å². The molecule has 7 heteroatoms. The molecule has 0 aliphatic carbocycles. The number of amides is 1. The van der Waals surface area contributed by atoms with Gasteiger partial charge in [0.05, 0.1) is 18.5 Å². The topological polar surface area (TPSA) is 69.0 Å². The van der Waals surface area contributed by atoms with Crippen LogP contribution in [0.2, 0.25) is 5.02 Å². The number of anilines is 1. The second-order valence-electron chi connectivity index (χ2n) is 5.10. The molecule has 6 nitrogen and oxygen atoms in total. The van der Waals surface area contributed by atoms with Gasteiger partial charge in [-0.15, -0.1) is 0 Å². The molecule has 1 heterocycles. The van der Waals surface area contributed by atoms with E-state index < -0.39 is 0 Å². The number of hydrogen-bond donors (Lipinski definition) is 1. The van der Waals surface area contributed by atoms with E-state index in [-0.39, 0.29) is 5.91 Å². The van der Waals surface area contributed by atoms with Gasteiger partial charge in [0.1, 0.15) is 18.4 Å². The smallest absolute Gasteiger partial charge is 0.248 e. The summed E-state index contributed by atoms with van der Waals surface area (Å²) in [4.78, 5) is 16.1. The Balaban J connectivity index is 1.76. The minimum Gasteiger partial charge on any atom is -0.497 e. The third kappa shape index (κ3) is 4.24. The highest BCUT2D eigenvalue weighted by atomic mass is 35.5. The van der Waals surface area contributed by atoms with Crippen molar-refractivity contribution in [3.05, 3.63) is 71.8 Å². The molecule has 0 aliphatic rings. The molecule has 0 saturated heterocycles. The van der Waals surface area contributed by atoms with Gasteiger partial charge in [0.15, 0.2) is 0 Å². The monoisotopic (exact) mass is 354 g/mol. The van der Waals surface area contributed by atoms with Crippen LogP contribution < -0.4 is 10.1 Å². The van der Waals surface area contributed by atoms with Crippen molar-refractivity contribution in [2.24, 2.45) is 0 Å². The number of carbonyl (C=O) groups excluding carboxylic acids is 1. The number of halogens is 1. The van der Waals surface area contributed by atoms with Gasteiger partial charge in [-0.3, -0.25) is 4.79 Å². The Morgan fingerprint density at radius 2 is 2.04 bits per heavy atom. The highest BCUT2D eigenvalue weighted by molar-refractivity contribution is 6.31. The van der Waals surface area contributed by atoms with Gasteiger partial charge in [-0.1, -0.05) is 23.7 Å². The molecule has 126 valence electrons. The number of hydrogen-bond acceptors (Lipinski definition) is 4. The summed E-state index contributed by atoms with van der Waals surface area (Å²) in [5.74, 6) is 0.484. The van der Waals surface area contributed by atoms with E-state index in [0.717, 1.165) is 11.3 Å². The van der Waals surface area contributed by atoms with Crippen molar-refractivity contribution in [1.82, 2.24) is 14.8 Å². The third-order valence-corrected chi connectivity index (χ3v) is 3.66. The molecular weight excluding hydrogens is 340 g/mol. The summed E-state index contributed by atoms with van der Waals surface area (Å²) in [5, 5.41) is 7.40. The largest absolute Gasteiger partial charge is 0.497 e. The van der Waals surface area contributed by atoms with E-state index in [4.69, 9.17) is 16.3 Å². The highest BCUT2D eigenvalue weighted by Gasteiger charge is 2.08. The van der Waals surface area contributed by atoms with Crippen LogP contribution in [-0.4, -0.2) is 27.8 Å². The van der Waals surface area contributed by atoms with Gasteiger partial charge in [0.25, 0.3) is 0 Å². The lowest BCUT2D eigenvalue weighted by molar-refractivity contribution is -0.111. The molecule has 0 unspecified atom stereocenters. The zero-order valence-electron chi connectivity index (χ0n) is 13.4. The van der Waals surface area contributed by atoms with E-state index in [2.05, 4.69) is 15.4 Å². The van der Waals surface area contributed by atoms with Crippen molar-refractivity contribution >= 4 is 29.3 Å². The number of nitrogens with zero attached hydrogens (tertiary/aromatic N) is 3. The van der Waals surface area contributed by atoms with Gasteiger partial charge >= 0.3 is 0 Å². The molecule has 1 aromatic heterocycles. The van der Waals surface area contributed by atoms with Gasteiger partial charge in [0, 0.05) is 11.1 Å². The molecule has 3 rings (SSSR count). The highest BCUT2D eigenvalue weighted by Crippen LogP contribution is 2.24. The average molecular weight is 355 g/mol. The maximum absolute atomic E-state index is 12.2. The first-order valence-electron chi connectivity index (χ1n) is 7.43. The van der Waals surface area contributed by atoms with Crippen LogP contribution in [0.25, 0.3) is 11.8 Å². The Morgan fingerprint density at radius 3 is 2.72 bits per heavy atom. The first kappa shape index (κ1) is 16.7. The minimum absolute atomic E-state index is 0.278. The van der Waals surface area contributed by atoms with Gasteiger partial charge in [-0.25, -0.2) is 9.67 Å². The van der Waals surface area contributed by atoms with Crippen LogP contribution in [0.15, 0.2) is 61.2 Å². The van der Waals surface area contributed by atoms with Crippen LogP contribution in [0.5, 0.6) is 5.75 Å². The summed E-state index contributed by atoms with van der Waals surface area (Å²) < 4.78 is 6.66. The number of ether oxygens (including phenoxy) is 1. The second-order valence-corrected chi connectivity index (χ2v) is 5.53. The predicted octanol–water partition coefficient (Wildman–Crippen LogP) is 3.58. The summed E-state index contributed by atoms with van der Waals surface area (Å²) >= 11 is 6.04. The second kappa shape index (κ2) is 7.63. The van der Waals surface area contributed by atoms with Gasteiger partial charge < -0.3 is 10.1 Å².